The first kappa shape index (κ1) is 11.5. The average molecular weight is 264 g/mol. The molecule has 3 rings (SSSR count). The summed E-state index contributed by atoms with van der Waals surface area (Å²) in [5.41, 5.74) is 4.32. The lowest BCUT2D eigenvalue weighted by Crippen LogP contribution is -2.36. The van der Waals surface area contributed by atoms with E-state index >= 15 is 0 Å². The van der Waals surface area contributed by atoms with Crippen molar-refractivity contribution in [3.05, 3.63) is 11.4 Å². The van der Waals surface area contributed by atoms with Crippen LogP contribution in [0.4, 0.5) is 0 Å². The Hall–Kier alpha value is -1.63. The smallest absolute Gasteiger partial charge is 0.199 e. The maximum Gasteiger partial charge on any atom is 0.199 e. The van der Waals surface area contributed by atoms with Crippen LogP contribution in [-0.4, -0.2) is 52.3 Å². The summed E-state index contributed by atoms with van der Waals surface area (Å²) in [5, 5.41) is 8.93. The van der Waals surface area contributed by atoms with E-state index in [-0.39, 0.29) is 6.17 Å². The van der Waals surface area contributed by atoms with E-state index < -0.39 is 0 Å². The zero-order valence-electron chi connectivity index (χ0n) is 10.5. The third-order valence-corrected chi connectivity index (χ3v) is 3.55. The molecule has 1 fully saturated rings. The number of unbranched alkanes of at least 4 members (excludes halogenated alkanes) is 1. The highest BCUT2D eigenvalue weighted by atomic mass is 32.1. The van der Waals surface area contributed by atoms with Gasteiger partial charge in [-0.3, -0.25) is 20.3 Å². The summed E-state index contributed by atoms with van der Waals surface area (Å²) in [5.74, 6) is 1.07. The van der Waals surface area contributed by atoms with E-state index in [1.165, 1.54) is 0 Å². The molecule has 0 bridgehead atoms. The lowest BCUT2D eigenvalue weighted by molar-refractivity contribution is 0.276. The van der Waals surface area contributed by atoms with Gasteiger partial charge >= 0.3 is 0 Å². The maximum atomic E-state index is 5.32. The van der Waals surface area contributed by atoms with Gasteiger partial charge in [0.15, 0.2) is 11.3 Å². The van der Waals surface area contributed by atoms with Gasteiger partial charge in [0.2, 0.25) is 0 Å². The molecule has 6 nitrogen and oxygen atoms in total. The van der Waals surface area contributed by atoms with Gasteiger partial charge in [0.25, 0.3) is 0 Å². The van der Waals surface area contributed by atoms with Gasteiger partial charge in [0, 0.05) is 13.6 Å². The molecule has 0 spiro atoms. The van der Waals surface area contributed by atoms with Gasteiger partial charge in [0.1, 0.15) is 12.2 Å². The van der Waals surface area contributed by atoms with Crippen molar-refractivity contribution in [2.45, 2.75) is 25.9 Å². The third kappa shape index (κ3) is 1.58. The van der Waals surface area contributed by atoms with Gasteiger partial charge in [0.05, 0.1) is 11.8 Å². The van der Waals surface area contributed by atoms with Crippen LogP contribution in [0.5, 0.6) is 0 Å². The predicted molar refractivity (Wildman–Crippen MR) is 74.7 cm³/mol. The fourth-order valence-electron chi connectivity index (χ4n) is 2.29. The molecular formula is C11H16N6S. The Morgan fingerprint density at radius 3 is 3.11 bits per heavy atom. The summed E-state index contributed by atoms with van der Waals surface area (Å²) < 4.78 is 0. The van der Waals surface area contributed by atoms with Crippen LogP contribution in [-0.2, 0) is 0 Å². The third-order valence-electron chi connectivity index (χ3n) is 3.26. The van der Waals surface area contributed by atoms with Crippen LogP contribution in [0, 0.1) is 0 Å². The van der Waals surface area contributed by atoms with Crippen LogP contribution in [0.2, 0.25) is 0 Å². The first-order valence-corrected chi connectivity index (χ1v) is 6.55. The summed E-state index contributed by atoms with van der Waals surface area (Å²) in [6.45, 7) is 3.12. The Bertz CT molecular complexity index is 468. The van der Waals surface area contributed by atoms with Crippen LogP contribution in [0.1, 0.15) is 19.8 Å². The van der Waals surface area contributed by atoms with E-state index in [4.69, 9.17) is 12.2 Å². The Kier molecular flexibility index (Phi) is 2.70. The molecule has 3 heterocycles. The molecule has 96 valence electrons. The summed E-state index contributed by atoms with van der Waals surface area (Å²) in [4.78, 5) is 6.39. The van der Waals surface area contributed by atoms with E-state index in [0.29, 0.717) is 5.11 Å². The molecule has 7 heteroatoms. The fraction of sp³-hybridized carbons (Fsp3) is 0.545. The van der Waals surface area contributed by atoms with Gasteiger partial charge in [-0.25, -0.2) is 4.99 Å². The van der Waals surface area contributed by atoms with E-state index in [9.17, 15) is 0 Å². The van der Waals surface area contributed by atoms with Crippen molar-refractivity contribution in [2.75, 3.05) is 13.6 Å². The van der Waals surface area contributed by atoms with Crippen molar-refractivity contribution in [3.8, 4) is 0 Å². The zero-order valence-corrected chi connectivity index (χ0v) is 11.3. The van der Waals surface area contributed by atoms with E-state index in [1.807, 2.05) is 23.2 Å². The lowest BCUT2D eigenvalue weighted by Gasteiger charge is -2.27. The van der Waals surface area contributed by atoms with Crippen molar-refractivity contribution in [1.29, 1.82) is 0 Å². The van der Waals surface area contributed by atoms with Crippen molar-refractivity contribution < 1.29 is 0 Å². The van der Waals surface area contributed by atoms with Crippen molar-refractivity contribution >= 4 is 29.9 Å². The number of fused-ring (bicyclic) bond motifs is 2. The van der Waals surface area contributed by atoms with E-state index in [1.54, 1.807) is 6.34 Å². The maximum absolute atomic E-state index is 5.32. The highest BCUT2D eigenvalue weighted by Gasteiger charge is 2.38. The molecule has 1 saturated heterocycles. The predicted octanol–water partition coefficient (Wildman–Crippen LogP) is 0.704. The summed E-state index contributed by atoms with van der Waals surface area (Å²) in [6, 6.07) is 0. The molecule has 0 aromatic heterocycles. The molecule has 0 aromatic rings. The monoisotopic (exact) mass is 264 g/mol. The summed E-state index contributed by atoms with van der Waals surface area (Å²) in [7, 11) is 1.93. The van der Waals surface area contributed by atoms with Crippen LogP contribution >= 0.6 is 12.2 Å². The first-order chi connectivity index (χ1) is 8.72. The number of thiocarbonyl (C=S) groups is 1. The molecular weight excluding hydrogens is 248 g/mol. The number of hydrazine groups is 1. The second kappa shape index (κ2) is 4.24. The molecule has 1 atom stereocenters. The second-order valence-electron chi connectivity index (χ2n) is 4.53. The Labute approximate surface area is 112 Å². The van der Waals surface area contributed by atoms with Crippen molar-refractivity contribution in [1.82, 2.24) is 20.3 Å². The van der Waals surface area contributed by atoms with Gasteiger partial charge in [-0.2, -0.15) is 5.10 Å². The standard InChI is InChI=1S/C11H16N6S/c1-3-4-5-17-10-8-6-13-15(2)9(8)12-7-16(10)11(18)14-17/h6-7,9H,3-5H2,1-2H3,(H,14,18). The van der Waals surface area contributed by atoms with E-state index in [0.717, 1.165) is 30.8 Å². The SMILES string of the molecule is CCCCN1NC(=S)N2C=NC3C(=C12)C=NN3C. The number of nitrogens with zero attached hydrogens (tertiary/aromatic N) is 5. The van der Waals surface area contributed by atoms with Crippen LogP contribution in [0.15, 0.2) is 21.5 Å². The largest absolute Gasteiger partial charge is 0.272 e. The lowest BCUT2D eigenvalue weighted by atomic mass is 10.2. The highest BCUT2D eigenvalue weighted by Crippen LogP contribution is 2.29. The van der Waals surface area contributed by atoms with Crippen LogP contribution in [0.25, 0.3) is 0 Å². The van der Waals surface area contributed by atoms with Gasteiger partial charge in [-0.15, -0.1) is 0 Å². The Morgan fingerprint density at radius 1 is 1.50 bits per heavy atom. The normalized spacial score (nSPS) is 24.9. The molecule has 1 unspecified atom stereocenters. The van der Waals surface area contributed by atoms with Gasteiger partial charge in [-0.05, 0) is 18.6 Å². The molecule has 3 aliphatic rings. The van der Waals surface area contributed by atoms with Crippen LogP contribution in [0.3, 0.4) is 0 Å². The summed E-state index contributed by atoms with van der Waals surface area (Å²) >= 11 is 5.32. The highest BCUT2D eigenvalue weighted by molar-refractivity contribution is 7.80. The Morgan fingerprint density at radius 2 is 2.33 bits per heavy atom. The van der Waals surface area contributed by atoms with Gasteiger partial charge < -0.3 is 0 Å². The number of hydrazone groups is 1. The second-order valence-corrected chi connectivity index (χ2v) is 4.91. The minimum absolute atomic E-state index is 0.0110. The molecule has 3 aliphatic heterocycles. The minimum Gasteiger partial charge on any atom is -0.272 e. The average Bonchev–Trinajstić information content (AvgIpc) is 2.89. The molecule has 0 aliphatic carbocycles. The fourth-order valence-corrected chi connectivity index (χ4v) is 2.54. The first-order valence-electron chi connectivity index (χ1n) is 6.14. The van der Waals surface area contributed by atoms with Crippen LogP contribution < -0.4 is 5.43 Å². The topological polar surface area (TPSA) is 46.5 Å². The summed E-state index contributed by atoms with van der Waals surface area (Å²) in [6.07, 6.45) is 5.92. The minimum atomic E-state index is -0.0110. The van der Waals surface area contributed by atoms with Crippen molar-refractivity contribution in [3.63, 3.8) is 0 Å². The van der Waals surface area contributed by atoms with Crippen molar-refractivity contribution in [2.24, 2.45) is 10.1 Å². The number of aliphatic imine (C=N–C) groups is 1. The number of rotatable bonds is 3. The molecule has 0 radical (unpaired) electrons. The molecule has 0 saturated carbocycles. The number of hydrogen-bond donors (Lipinski definition) is 1. The number of likely N-dealkylation sites (N-methyl/N-ethyl adjacent to an activating group) is 1. The molecule has 1 N–H and O–H groups in total. The number of nitrogens with one attached hydrogen (secondary N) is 1. The van der Waals surface area contributed by atoms with E-state index in [2.05, 4.69) is 27.5 Å². The number of hydrogen-bond acceptors (Lipinski definition) is 5. The quantitative estimate of drug-likeness (QED) is 0.761. The Balaban J connectivity index is 1.95. The van der Waals surface area contributed by atoms with Gasteiger partial charge in [-0.1, -0.05) is 13.3 Å². The zero-order chi connectivity index (χ0) is 12.7. The molecule has 0 amide bonds. The molecule has 18 heavy (non-hydrogen) atoms. The molecule has 0 aromatic carbocycles.